The maximum absolute atomic E-state index is 10.7. The number of sulfone groups is 1. The standard InChI is InChI=1S/C6H7NO5S.Li/c1-13(10,11)3-5-7-2-4(12-5)6(8)9;/h2H,3H2,1H3,(H,8,9);/q;+1/p-1. The molecule has 0 N–H and O–H groups in total. The molecule has 1 heterocycles. The largest absolute Gasteiger partial charge is 1.00 e. The van der Waals surface area contributed by atoms with Crippen molar-refractivity contribution in [3.8, 4) is 0 Å². The number of carbonyl (C=O) groups is 1. The molecule has 8 heteroatoms. The van der Waals surface area contributed by atoms with E-state index in [0.717, 1.165) is 12.5 Å². The van der Waals surface area contributed by atoms with Gasteiger partial charge in [0.15, 0.2) is 15.6 Å². The summed E-state index contributed by atoms with van der Waals surface area (Å²) in [5, 5.41) is 10.2. The van der Waals surface area contributed by atoms with Crippen LogP contribution in [0.4, 0.5) is 0 Å². The molecule has 1 aromatic heterocycles. The molecule has 0 saturated heterocycles. The number of carbonyl (C=O) groups excluding carboxylic acids is 1. The molecule has 6 nitrogen and oxygen atoms in total. The number of carboxylic acids is 1. The van der Waals surface area contributed by atoms with Crippen LogP contribution < -0.4 is 24.0 Å². The summed E-state index contributed by atoms with van der Waals surface area (Å²) in [4.78, 5) is 13.6. The average Bonchev–Trinajstić information content (AvgIpc) is 2.31. The topological polar surface area (TPSA) is 100 Å². The first-order valence-corrected chi connectivity index (χ1v) is 5.28. The van der Waals surface area contributed by atoms with Gasteiger partial charge in [-0.2, -0.15) is 0 Å². The van der Waals surface area contributed by atoms with Crippen LogP contribution in [0.15, 0.2) is 10.6 Å². The molecule has 0 aliphatic heterocycles. The summed E-state index contributed by atoms with van der Waals surface area (Å²) in [6.45, 7) is 0. The summed E-state index contributed by atoms with van der Waals surface area (Å²) < 4.78 is 26.0. The summed E-state index contributed by atoms with van der Waals surface area (Å²) >= 11 is 0. The molecule has 0 aliphatic rings. The van der Waals surface area contributed by atoms with Crippen LogP contribution in [0.3, 0.4) is 0 Å². The summed E-state index contributed by atoms with van der Waals surface area (Å²) in [5.41, 5.74) is 0. The normalized spacial score (nSPS) is 10.6. The van der Waals surface area contributed by atoms with Crippen molar-refractivity contribution in [1.29, 1.82) is 0 Å². The van der Waals surface area contributed by atoms with Gasteiger partial charge in [0, 0.05) is 6.26 Å². The minimum Gasteiger partial charge on any atom is -0.541 e. The Morgan fingerprint density at radius 2 is 2.21 bits per heavy atom. The van der Waals surface area contributed by atoms with Crippen molar-refractivity contribution in [3.05, 3.63) is 17.8 Å². The van der Waals surface area contributed by atoms with Crippen LogP contribution in [-0.4, -0.2) is 25.6 Å². The van der Waals surface area contributed by atoms with Gasteiger partial charge in [-0.3, -0.25) is 0 Å². The van der Waals surface area contributed by atoms with Crippen molar-refractivity contribution >= 4 is 15.8 Å². The third-order valence-electron chi connectivity index (χ3n) is 1.14. The molecule has 14 heavy (non-hydrogen) atoms. The number of aromatic nitrogens is 1. The molecule has 1 rings (SSSR count). The van der Waals surface area contributed by atoms with Crippen molar-refractivity contribution in [1.82, 2.24) is 4.98 Å². The minimum atomic E-state index is -3.26. The molecule has 0 radical (unpaired) electrons. The van der Waals surface area contributed by atoms with E-state index in [1.807, 2.05) is 0 Å². The maximum atomic E-state index is 10.7. The van der Waals surface area contributed by atoms with Crippen molar-refractivity contribution in [2.45, 2.75) is 5.75 Å². The van der Waals surface area contributed by atoms with Crippen LogP contribution in [0.1, 0.15) is 16.4 Å². The van der Waals surface area contributed by atoms with E-state index in [9.17, 15) is 18.3 Å². The zero-order chi connectivity index (χ0) is 10.1. The van der Waals surface area contributed by atoms with Gasteiger partial charge in [-0.05, 0) is 0 Å². The van der Waals surface area contributed by atoms with E-state index in [4.69, 9.17) is 0 Å². The number of hydrogen-bond donors (Lipinski definition) is 0. The molecule has 1 aromatic rings. The molecule has 0 bridgehead atoms. The smallest absolute Gasteiger partial charge is 0.541 e. The van der Waals surface area contributed by atoms with E-state index in [0.29, 0.717) is 0 Å². The Kier molecular flexibility index (Phi) is 4.38. The van der Waals surface area contributed by atoms with Gasteiger partial charge < -0.3 is 14.3 Å². The summed E-state index contributed by atoms with van der Waals surface area (Å²) in [7, 11) is -3.26. The molecule has 0 atom stereocenters. The third kappa shape index (κ3) is 3.96. The second kappa shape index (κ2) is 4.64. The van der Waals surface area contributed by atoms with Gasteiger partial charge in [-0.15, -0.1) is 0 Å². The molecular formula is C6H6LiNO5S. The number of oxazole rings is 1. The average molecular weight is 211 g/mol. The number of hydrogen-bond acceptors (Lipinski definition) is 6. The van der Waals surface area contributed by atoms with Crippen LogP contribution in [0.5, 0.6) is 0 Å². The zero-order valence-electron chi connectivity index (χ0n) is 7.68. The summed E-state index contributed by atoms with van der Waals surface area (Å²) in [5.74, 6) is -2.56. The molecule has 0 fully saturated rings. The Labute approximate surface area is 92.4 Å². The monoisotopic (exact) mass is 211 g/mol. The van der Waals surface area contributed by atoms with Gasteiger partial charge in [-0.25, -0.2) is 13.4 Å². The van der Waals surface area contributed by atoms with Crippen LogP contribution in [-0.2, 0) is 15.6 Å². The van der Waals surface area contributed by atoms with Crippen molar-refractivity contribution in [3.63, 3.8) is 0 Å². The van der Waals surface area contributed by atoms with E-state index in [1.165, 1.54) is 0 Å². The number of carboxylic acid groups (broad SMARTS) is 1. The van der Waals surface area contributed by atoms with Crippen molar-refractivity contribution in [2.24, 2.45) is 0 Å². The Morgan fingerprint density at radius 3 is 2.57 bits per heavy atom. The van der Waals surface area contributed by atoms with Gasteiger partial charge in [-0.1, -0.05) is 0 Å². The SMILES string of the molecule is CS(=O)(=O)Cc1ncc(C(=O)[O-])o1.[Li+]. The van der Waals surface area contributed by atoms with E-state index >= 15 is 0 Å². The number of rotatable bonds is 3. The molecule has 0 spiro atoms. The minimum absolute atomic E-state index is 0. The zero-order valence-corrected chi connectivity index (χ0v) is 8.50. The molecular weight excluding hydrogens is 205 g/mol. The predicted molar refractivity (Wildman–Crippen MR) is 39.4 cm³/mol. The molecule has 72 valence electrons. The van der Waals surface area contributed by atoms with Crippen molar-refractivity contribution < 1.29 is 41.6 Å². The molecule has 0 unspecified atom stereocenters. The maximum Gasteiger partial charge on any atom is 1.00 e. The van der Waals surface area contributed by atoms with E-state index < -0.39 is 27.3 Å². The molecule has 0 saturated carbocycles. The Bertz CT molecular complexity index is 423. The predicted octanol–water partition coefficient (Wildman–Crippen LogP) is -4.41. The van der Waals surface area contributed by atoms with E-state index in [-0.39, 0.29) is 24.8 Å². The Hall–Kier alpha value is -0.773. The van der Waals surface area contributed by atoms with Crippen LogP contribution >= 0.6 is 0 Å². The quantitative estimate of drug-likeness (QED) is 0.468. The Balaban J connectivity index is 0.00000169. The fourth-order valence-electron chi connectivity index (χ4n) is 0.696. The second-order valence-electron chi connectivity index (χ2n) is 2.48. The first kappa shape index (κ1) is 13.2. The van der Waals surface area contributed by atoms with Gasteiger partial charge in [0.2, 0.25) is 5.89 Å². The molecule has 0 aliphatic carbocycles. The second-order valence-corrected chi connectivity index (χ2v) is 4.62. The fourth-order valence-corrected chi connectivity index (χ4v) is 1.28. The van der Waals surface area contributed by atoms with Gasteiger partial charge in [0.1, 0.15) is 11.7 Å². The van der Waals surface area contributed by atoms with Gasteiger partial charge in [0.05, 0.1) is 6.20 Å². The van der Waals surface area contributed by atoms with E-state index in [1.54, 1.807) is 0 Å². The third-order valence-corrected chi connectivity index (χ3v) is 1.91. The van der Waals surface area contributed by atoms with Crippen LogP contribution in [0, 0.1) is 0 Å². The van der Waals surface area contributed by atoms with Crippen LogP contribution in [0.2, 0.25) is 0 Å². The summed E-state index contributed by atoms with van der Waals surface area (Å²) in [6, 6.07) is 0. The first-order chi connectivity index (χ1) is 5.88. The number of aromatic carboxylic acids is 1. The first-order valence-electron chi connectivity index (χ1n) is 3.22. The van der Waals surface area contributed by atoms with Gasteiger partial charge >= 0.3 is 18.9 Å². The Morgan fingerprint density at radius 1 is 1.64 bits per heavy atom. The molecule has 0 aromatic carbocycles. The molecule has 0 amide bonds. The van der Waals surface area contributed by atoms with Crippen LogP contribution in [0.25, 0.3) is 0 Å². The van der Waals surface area contributed by atoms with E-state index in [2.05, 4.69) is 9.40 Å². The fraction of sp³-hybridized carbons (Fsp3) is 0.333. The van der Waals surface area contributed by atoms with Gasteiger partial charge in [0.25, 0.3) is 0 Å². The number of nitrogens with zero attached hydrogens (tertiary/aromatic N) is 1. The summed E-state index contributed by atoms with van der Waals surface area (Å²) in [6.07, 6.45) is 1.91. The van der Waals surface area contributed by atoms with Crippen molar-refractivity contribution in [2.75, 3.05) is 6.26 Å².